The summed E-state index contributed by atoms with van der Waals surface area (Å²) < 4.78 is 1.19. The Morgan fingerprint density at radius 1 is 1.10 bits per heavy atom. The van der Waals surface area contributed by atoms with E-state index in [1.807, 2.05) is 0 Å². The Morgan fingerprint density at radius 3 is 2.71 bits per heavy atom. The molecule has 0 amide bonds. The Balaban J connectivity index is 1.84. The summed E-state index contributed by atoms with van der Waals surface area (Å²) in [6.45, 7) is 3.16. The molecular formula is C19H22BrN. The number of halogens is 1. The van der Waals surface area contributed by atoms with E-state index in [1.54, 1.807) is 11.1 Å². The van der Waals surface area contributed by atoms with Crippen molar-refractivity contribution >= 4 is 15.9 Å². The SMILES string of the molecule is CCNC(Cc1ccc2c(c1)CCC2)c1ccccc1Br. The predicted octanol–water partition coefficient (Wildman–Crippen LogP) is 4.83. The van der Waals surface area contributed by atoms with Crippen molar-refractivity contribution in [3.8, 4) is 0 Å². The van der Waals surface area contributed by atoms with Crippen LogP contribution in [0.5, 0.6) is 0 Å². The van der Waals surface area contributed by atoms with Gasteiger partial charge in [0.1, 0.15) is 0 Å². The first-order valence-corrected chi connectivity index (χ1v) is 8.65. The zero-order valence-electron chi connectivity index (χ0n) is 12.5. The van der Waals surface area contributed by atoms with Crippen LogP contribution < -0.4 is 5.32 Å². The van der Waals surface area contributed by atoms with E-state index >= 15 is 0 Å². The quantitative estimate of drug-likeness (QED) is 0.819. The second-order valence-electron chi connectivity index (χ2n) is 5.79. The van der Waals surface area contributed by atoms with E-state index in [0.29, 0.717) is 6.04 Å². The van der Waals surface area contributed by atoms with E-state index in [9.17, 15) is 0 Å². The van der Waals surface area contributed by atoms with Gasteiger partial charge in [-0.05, 0) is 60.5 Å². The van der Waals surface area contributed by atoms with Crippen molar-refractivity contribution in [2.75, 3.05) is 6.54 Å². The van der Waals surface area contributed by atoms with Gasteiger partial charge in [-0.3, -0.25) is 0 Å². The van der Waals surface area contributed by atoms with Crippen LogP contribution in [0.3, 0.4) is 0 Å². The van der Waals surface area contributed by atoms with Crippen molar-refractivity contribution in [2.24, 2.45) is 0 Å². The lowest BCUT2D eigenvalue weighted by molar-refractivity contribution is 0.548. The third kappa shape index (κ3) is 3.38. The second kappa shape index (κ2) is 6.76. The van der Waals surface area contributed by atoms with Crippen LogP contribution in [0.15, 0.2) is 46.9 Å². The third-order valence-electron chi connectivity index (χ3n) is 4.33. The molecule has 2 aromatic rings. The Kier molecular flexibility index (Phi) is 4.77. The van der Waals surface area contributed by atoms with Crippen LogP contribution >= 0.6 is 15.9 Å². The van der Waals surface area contributed by atoms with Crippen molar-refractivity contribution < 1.29 is 0 Å². The zero-order valence-corrected chi connectivity index (χ0v) is 14.1. The number of fused-ring (bicyclic) bond motifs is 1. The maximum atomic E-state index is 3.69. The average molecular weight is 344 g/mol. The Labute approximate surface area is 135 Å². The van der Waals surface area contributed by atoms with Gasteiger partial charge in [-0.1, -0.05) is 59.3 Å². The van der Waals surface area contributed by atoms with Crippen molar-refractivity contribution in [2.45, 2.75) is 38.6 Å². The fourth-order valence-electron chi connectivity index (χ4n) is 3.28. The van der Waals surface area contributed by atoms with Crippen LogP contribution in [0.1, 0.15) is 41.6 Å². The monoisotopic (exact) mass is 343 g/mol. The molecule has 1 aliphatic carbocycles. The van der Waals surface area contributed by atoms with Crippen LogP contribution in [-0.2, 0) is 19.3 Å². The molecule has 1 unspecified atom stereocenters. The molecule has 0 saturated carbocycles. The average Bonchev–Trinajstić information content (AvgIpc) is 2.95. The van der Waals surface area contributed by atoms with Gasteiger partial charge in [0.15, 0.2) is 0 Å². The molecule has 110 valence electrons. The van der Waals surface area contributed by atoms with Crippen LogP contribution in [0.25, 0.3) is 0 Å². The minimum absolute atomic E-state index is 0.366. The molecule has 1 atom stereocenters. The fraction of sp³-hybridized carbons (Fsp3) is 0.368. The van der Waals surface area contributed by atoms with Crippen LogP contribution in [0.2, 0.25) is 0 Å². The van der Waals surface area contributed by atoms with Gasteiger partial charge >= 0.3 is 0 Å². The maximum Gasteiger partial charge on any atom is 0.0372 e. The molecule has 0 fully saturated rings. The molecule has 2 aromatic carbocycles. The molecule has 21 heavy (non-hydrogen) atoms. The molecule has 1 aliphatic rings. The van der Waals surface area contributed by atoms with Gasteiger partial charge in [-0.25, -0.2) is 0 Å². The van der Waals surface area contributed by atoms with Crippen LogP contribution in [0.4, 0.5) is 0 Å². The number of benzene rings is 2. The molecule has 0 bridgehead atoms. The normalized spacial score (nSPS) is 15.0. The van der Waals surface area contributed by atoms with Gasteiger partial charge in [0.2, 0.25) is 0 Å². The summed E-state index contributed by atoms with van der Waals surface area (Å²) in [7, 11) is 0. The first-order valence-electron chi connectivity index (χ1n) is 7.86. The third-order valence-corrected chi connectivity index (χ3v) is 5.06. The molecule has 0 radical (unpaired) electrons. The lowest BCUT2D eigenvalue weighted by Gasteiger charge is -2.20. The minimum atomic E-state index is 0.366. The standard InChI is InChI=1S/C19H22BrN/c1-2-21-19(17-8-3-4-9-18(17)20)13-14-10-11-15-6-5-7-16(15)12-14/h3-4,8-12,19,21H,2,5-7,13H2,1H3. The molecule has 3 rings (SSSR count). The second-order valence-corrected chi connectivity index (χ2v) is 6.65. The van der Waals surface area contributed by atoms with E-state index in [-0.39, 0.29) is 0 Å². The van der Waals surface area contributed by atoms with Gasteiger partial charge in [0, 0.05) is 10.5 Å². The van der Waals surface area contributed by atoms with Gasteiger partial charge in [0.25, 0.3) is 0 Å². The van der Waals surface area contributed by atoms with Gasteiger partial charge in [-0.2, -0.15) is 0 Å². The van der Waals surface area contributed by atoms with Gasteiger partial charge in [-0.15, -0.1) is 0 Å². The predicted molar refractivity (Wildman–Crippen MR) is 92.7 cm³/mol. The highest BCUT2D eigenvalue weighted by molar-refractivity contribution is 9.10. The van der Waals surface area contributed by atoms with E-state index in [1.165, 1.54) is 34.9 Å². The number of nitrogens with one attached hydrogen (secondary N) is 1. The number of hydrogen-bond donors (Lipinski definition) is 1. The minimum Gasteiger partial charge on any atom is -0.310 e. The fourth-order valence-corrected chi connectivity index (χ4v) is 3.85. The maximum absolute atomic E-state index is 3.69. The molecule has 0 aromatic heterocycles. The Hall–Kier alpha value is -1.12. The molecule has 1 N–H and O–H groups in total. The van der Waals surface area contributed by atoms with Crippen molar-refractivity contribution in [3.63, 3.8) is 0 Å². The number of likely N-dealkylation sites (N-methyl/N-ethyl adjacent to an activating group) is 1. The van der Waals surface area contributed by atoms with Gasteiger partial charge < -0.3 is 5.32 Å². The zero-order chi connectivity index (χ0) is 14.7. The summed E-state index contributed by atoms with van der Waals surface area (Å²) in [4.78, 5) is 0. The summed E-state index contributed by atoms with van der Waals surface area (Å²) in [5.74, 6) is 0. The van der Waals surface area contributed by atoms with E-state index in [4.69, 9.17) is 0 Å². The van der Waals surface area contributed by atoms with E-state index in [2.05, 4.69) is 70.6 Å². The summed E-state index contributed by atoms with van der Waals surface area (Å²) in [6, 6.07) is 16.0. The van der Waals surface area contributed by atoms with Crippen LogP contribution in [-0.4, -0.2) is 6.54 Å². The largest absolute Gasteiger partial charge is 0.310 e. The topological polar surface area (TPSA) is 12.0 Å². The lowest BCUT2D eigenvalue weighted by Crippen LogP contribution is -2.23. The number of aryl methyl sites for hydroxylation is 2. The molecule has 2 heteroatoms. The van der Waals surface area contributed by atoms with Gasteiger partial charge in [0.05, 0.1) is 0 Å². The number of rotatable bonds is 5. The lowest BCUT2D eigenvalue weighted by atomic mass is 9.96. The highest BCUT2D eigenvalue weighted by Gasteiger charge is 2.16. The number of hydrogen-bond acceptors (Lipinski definition) is 1. The van der Waals surface area contributed by atoms with E-state index in [0.717, 1.165) is 13.0 Å². The highest BCUT2D eigenvalue weighted by Crippen LogP contribution is 2.28. The highest BCUT2D eigenvalue weighted by atomic mass is 79.9. The molecule has 0 saturated heterocycles. The molecular weight excluding hydrogens is 322 g/mol. The molecule has 0 spiro atoms. The van der Waals surface area contributed by atoms with Crippen molar-refractivity contribution in [3.05, 3.63) is 69.2 Å². The van der Waals surface area contributed by atoms with Crippen molar-refractivity contribution in [1.82, 2.24) is 5.32 Å². The summed E-state index contributed by atoms with van der Waals surface area (Å²) >= 11 is 3.69. The first-order chi connectivity index (χ1) is 10.3. The molecule has 1 nitrogen and oxygen atoms in total. The Bertz CT molecular complexity index is 621. The Morgan fingerprint density at radius 2 is 1.90 bits per heavy atom. The smallest absolute Gasteiger partial charge is 0.0372 e. The summed E-state index contributed by atoms with van der Waals surface area (Å²) in [6.07, 6.45) is 4.88. The first kappa shape index (κ1) is 14.8. The van der Waals surface area contributed by atoms with E-state index < -0.39 is 0 Å². The van der Waals surface area contributed by atoms with Crippen molar-refractivity contribution in [1.29, 1.82) is 0 Å². The molecule has 0 heterocycles. The summed E-state index contributed by atoms with van der Waals surface area (Å²) in [5.41, 5.74) is 5.91. The molecule has 0 aliphatic heterocycles. The van der Waals surface area contributed by atoms with Crippen LogP contribution in [0, 0.1) is 0 Å². The summed E-state index contributed by atoms with van der Waals surface area (Å²) in [5, 5.41) is 3.63.